The van der Waals surface area contributed by atoms with E-state index in [9.17, 15) is 13.2 Å². The maximum Gasteiger partial charge on any atom is 0.254 e. The zero-order chi connectivity index (χ0) is 17.9. The number of nitrogens with zero attached hydrogens (tertiary/aromatic N) is 2. The van der Waals surface area contributed by atoms with Gasteiger partial charge in [0.05, 0.1) is 4.90 Å². The summed E-state index contributed by atoms with van der Waals surface area (Å²) in [6.45, 7) is 7.41. The molecule has 0 aromatic heterocycles. The summed E-state index contributed by atoms with van der Waals surface area (Å²) in [5.41, 5.74) is 7.18. The van der Waals surface area contributed by atoms with E-state index in [0.29, 0.717) is 31.7 Å². The molecule has 0 bridgehead atoms. The predicted molar refractivity (Wildman–Crippen MR) is 94.4 cm³/mol. The summed E-state index contributed by atoms with van der Waals surface area (Å²) >= 11 is 0. The lowest BCUT2D eigenvalue weighted by molar-refractivity contribution is 0.0708. The van der Waals surface area contributed by atoms with Gasteiger partial charge < -0.3 is 10.6 Å². The van der Waals surface area contributed by atoms with E-state index >= 15 is 0 Å². The fourth-order valence-electron chi connectivity index (χ4n) is 3.07. The predicted octanol–water partition coefficient (Wildman–Crippen LogP) is 1.59. The lowest BCUT2D eigenvalue weighted by Gasteiger charge is -2.31. The molecule has 134 valence electrons. The molecule has 0 radical (unpaired) electrons. The maximum atomic E-state index is 12.8. The van der Waals surface area contributed by atoms with Crippen molar-refractivity contribution in [3.63, 3.8) is 0 Å². The first-order valence-corrected chi connectivity index (χ1v) is 9.90. The second-order valence-electron chi connectivity index (χ2n) is 6.22. The Bertz CT molecular complexity index is 699. The molecule has 1 amide bonds. The van der Waals surface area contributed by atoms with Crippen molar-refractivity contribution in [3.05, 3.63) is 29.3 Å². The van der Waals surface area contributed by atoms with Crippen LogP contribution in [-0.2, 0) is 10.0 Å². The minimum absolute atomic E-state index is 0.00871. The lowest BCUT2D eigenvalue weighted by atomic mass is 10.0. The van der Waals surface area contributed by atoms with Crippen LogP contribution < -0.4 is 5.73 Å². The summed E-state index contributed by atoms with van der Waals surface area (Å²) in [5.74, 6) is -0.140. The molecule has 0 spiro atoms. The molecule has 1 aromatic rings. The summed E-state index contributed by atoms with van der Waals surface area (Å²) in [4.78, 5) is 14.7. The third-order valence-corrected chi connectivity index (χ3v) is 6.57. The van der Waals surface area contributed by atoms with Gasteiger partial charge in [-0.05, 0) is 37.5 Å². The fourth-order valence-corrected chi connectivity index (χ4v) is 4.55. The average molecular weight is 353 g/mol. The third kappa shape index (κ3) is 3.79. The highest BCUT2D eigenvalue weighted by Crippen LogP contribution is 2.22. The number of aryl methyl sites for hydroxylation is 1. The largest absolute Gasteiger partial charge is 0.337 e. The zero-order valence-electron chi connectivity index (χ0n) is 14.7. The van der Waals surface area contributed by atoms with E-state index in [1.165, 1.54) is 10.4 Å². The molecule has 2 N–H and O–H groups in total. The molecule has 7 heteroatoms. The Morgan fingerprint density at radius 3 is 2.58 bits per heavy atom. The van der Waals surface area contributed by atoms with Gasteiger partial charge in [0.2, 0.25) is 10.0 Å². The molecule has 0 saturated carbocycles. The normalized spacial score (nSPS) is 18.9. The summed E-state index contributed by atoms with van der Waals surface area (Å²) in [7, 11) is -3.58. The van der Waals surface area contributed by atoms with Crippen LogP contribution in [-0.4, -0.2) is 55.8 Å². The molecule has 1 unspecified atom stereocenters. The third-order valence-electron chi connectivity index (χ3n) is 4.53. The number of carbonyl (C=O) groups is 1. The van der Waals surface area contributed by atoms with Crippen LogP contribution in [0.25, 0.3) is 0 Å². The number of benzene rings is 1. The first kappa shape index (κ1) is 18.9. The second kappa shape index (κ2) is 7.63. The summed E-state index contributed by atoms with van der Waals surface area (Å²) in [6.07, 6.45) is 1.79. The first-order valence-electron chi connectivity index (χ1n) is 8.46. The van der Waals surface area contributed by atoms with E-state index < -0.39 is 10.0 Å². The first-order chi connectivity index (χ1) is 11.3. The van der Waals surface area contributed by atoms with Crippen LogP contribution in [0.1, 0.15) is 42.6 Å². The Labute approximate surface area is 144 Å². The van der Waals surface area contributed by atoms with Gasteiger partial charge in [0.15, 0.2) is 0 Å². The van der Waals surface area contributed by atoms with Gasteiger partial charge in [-0.15, -0.1) is 0 Å². The molecule has 1 saturated heterocycles. The number of likely N-dealkylation sites (tertiary alicyclic amines) is 1. The topological polar surface area (TPSA) is 83.7 Å². The van der Waals surface area contributed by atoms with E-state index in [1.807, 2.05) is 6.92 Å². The van der Waals surface area contributed by atoms with Gasteiger partial charge in [-0.25, -0.2) is 8.42 Å². The smallest absolute Gasteiger partial charge is 0.254 e. The van der Waals surface area contributed by atoms with Crippen LogP contribution in [0.4, 0.5) is 0 Å². The standard InChI is InChI=1S/C17H27N3O3S/c1-4-20(5-2)24(22,23)15-9-8-13(3)16(11-15)17(21)19-10-6-7-14(18)12-19/h8-9,11,14H,4-7,10,12,18H2,1-3H3. The fraction of sp³-hybridized carbons (Fsp3) is 0.588. The molecule has 1 fully saturated rings. The number of amides is 1. The van der Waals surface area contributed by atoms with E-state index in [4.69, 9.17) is 5.73 Å². The molecule has 1 aliphatic rings. The highest BCUT2D eigenvalue weighted by molar-refractivity contribution is 7.89. The summed E-state index contributed by atoms with van der Waals surface area (Å²) in [6, 6.07) is 4.77. The van der Waals surface area contributed by atoms with Crippen LogP contribution in [0.15, 0.2) is 23.1 Å². The minimum Gasteiger partial charge on any atom is -0.337 e. The van der Waals surface area contributed by atoms with Crippen molar-refractivity contribution in [2.45, 2.75) is 44.6 Å². The lowest BCUT2D eigenvalue weighted by Crippen LogP contribution is -2.45. The Kier molecular flexibility index (Phi) is 6.01. The molecule has 1 heterocycles. The Balaban J connectivity index is 2.37. The van der Waals surface area contributed by atoms with Gasteiger partial charge in [0, 0.05) is 37.8 Å². The number of sulfonamides is 1. The van der Waals surface area contributed by atoms with E-state index in [2.05, 4.69) is 0 Å². The zero-order valence-corrected chi connectivity index (χ0v) is 15.5. The highest BCUT2D eigenvalue weighted by Gasteiger charge is 2.27. The molecule has 24 heavy (non-hydrogen) atoms. The Hall–Kier alpha value is -1.44. The van der Waals surface area contributed by atoms with Crippen LogP contribution >= 0.6 is 0 Å². The molecule has 1 aromatic carbocycles. The van der Waals surface area contributed by atoms with Crippen LogP contribution in [0, 0.1) is 6.92 Å². The Morgan fingerprint density at radius 2 is 2.00 bits per heavy atom. The maximum absolute atomic E-state index is 12.8. The van der Waals surface area contributed by atoms with Crippen molar-refractivity contribution in [3.8, 4) is 0 Å². The van der Waals surface area contributed by atoms with E-state index in [-0.39, 0.29) is 16.8 Å². The molecule has 6 nitrogen and oxygen atoms in total. The average Bonchev–Trinajstić information content (AvgIpc) is 2.55. The number of hydrogen-bond acceptors (Lipinski definition) is 4. The molecule has 1 atom stereocenters. The monoisotopic (exact) mass is 353 g/mol. The van der Waals surface area contributed by atoms with Crippen LogP contribution in [0.5, 0.6) is 0 Å². The van der Waals surface area contributed by atoms with Crippen molar-refractivity contribution in [1.82, 2.24) is 9.21 Å². The molecule has 0 aliphatic carbocycles. The molecule has 1 aliphatic heterocycles. The SMILES string of the molecule is CCN(CC)S(=O)(=O)c1ccc(C)c(C(=O)N2CCCC(N)C2)c1. The second-order valence-corrected chi connectivity index (χ2v) is 8.16. The number of carbonyl (C=O) groups excluding carboxylic acids is 1. The number of piperidine rings is 1. The number of rotatable bonds is 5. The van der Waals surface area contributed by atoms with Crippen LogP contribution in [0.2, 0.25) is 0 Å². The Morgan fingerprint density at radius 1 is 1.33 bits per heavy atom. The summed E-state index contributed by atoms with van der Waals surface area (Å²) < 4.78 is 26.8. The van der Waals surface area contributed by atoms with E-state index in [1.54, 1.807) is 30.9 Å². The molecular weight excluding hydrogens is 326 g/mol. The molecular formula is C17H27N3O3S. The van der Waals surface area contributed by atoms with Crippen molar-refractivity contribution < 1.29 is 13.2 Å². The number of hydrogen-bond donors (Lipinski definition) is 1. The molecule has 2 rings (SSSR count). The van der Waals surface area contributed by atoms with Gasteiger partial charge >= 0.3 is 0 Å². The van der Waals surface area contributed by atoms with Gasteiger partial charge in [0.1, 0.15) is 0 Å². The van der Waals surface area contributed by atoms with Crippen molar-refractivity contribution in [2.75, 3.05) is 26.2 Å². The van der Waals surface area contributed by atoms with Gasteiger partial charge in [-0.3, -0.25) is 4.79 Å². The summed E-state index contributed by atoms with van der Waals surface area (Å²) in [5, 5.41) is 0. The van der Waals surface area contributed by atoms with Gasteiger partial charge in [0.25, 0.3) is 5.91 Å². The van der Waals surface area contributed by atoms with E-state index in [0.717, 1.165) is 18.4 Å². The number of nitrogens with two attached hydrogens (primary N) is 1. The van der Waals surface area contributed by atoms with Crippen molar-refractivity contribution in [2.24, 2.45) is 5.73 Å². The minimum atomic E-state index is -3.58. The van der Waals surface area contributed by atoms with Crippen LogP contribution in [0.3, 0.4) is 0 Å². The van der Waals surface area contributed by atoms with Crippen molar-refractivity contribution in [1.29, 1.82) is 0 Å². The highest BCUT2D eigenvalue weighted by atomic mass is 32.2. The van der Waals surface area contributed by atoms with Gasteiger partial charge in [-0.2, -0.15) is 4.31 Å². The quantitative estimate of drug-likeness (QED) is 0.871. The van der Waals surface area contributed by atoms with Gasteiger partial charge in [-0.1, -0.05) is 19.9 Å². The van der Waals surface area contributed by atoms with Crippen molar-refractivity contribution >= 4 is 15.9 Å².